The van der Waals surface area contributed by atoms with Crippen molar-refractivity contribution < 1.29 is 33.7 Å². The summed E-state index contributed by atoms with van der Waals surface area (Å²) in [5, 5.41) is 22.1. The molecule has 188 valence electrons. The first kappa shape index (κ1) is 28.9. The van der Waals surface area contributed by atoms with Crippen LogP contribution in [0.25, 0.3) is 0 Å². The van der Waals surface area contributed by atoms with E-state index in [1.807, 2.05) is 32.7 Å². The third-order valence-electron chi connectivity index (χ3n) is 7.82. The maximum absolute atomic E-state index is 15.5. The molecule has 1 aliphatic rings. The Bertz CT molecular complexity index is 669. The third kappa shape index (κ3) is 5.69. The number of cyclic esters (lactones) is 1. The van der Waals surface area contributed by atoms with Crippen LogP contribution in [0.1, 0.15) is 68.2 Å². The molecule has 1 saturated heterocycles. The highest BCUT2D eigenvalue weighted by Crippen LogP contribution is 2.37. The van der Waals surface area contributed by atoms with E-state index >= 15 is 4.39 Å². The first-order valence-corrected chi connectivity index (χ1v) is 11.6. The number of ketones is 1. The molecule has 1 rings (SSSR count). The summed E-state index contributed by atoms with van der Waals surface area (Å²) in [5.41, 5.74) is -5.49. The second kappa shape index (κ2) is 10.5. The zero-order valence-electron chi connectivity index (χ0n) is 21.4. The molecule has 0 bridgehead atoms. The van der Waals surface area contributed by atoms with E-state index in [4.69, 9.17) is 9.47 Å². The highest BCUT2D eigenvalue weighted by atomic mass is 19.1. The number of aliphatic hydroxyl groups is 2. The summed E-state index contributed by atoms with van der Waals surface area (Å²) in [4.78, 5) is 27.8. The molecule has 0 aromatic carbocycles. The van der Waals surface area contributed by atoms with Gasteiger partial charge in [-0.25, -0.2) is 9.18 Å². The van der Waals surface area contributed by atoms with Crippen LogP contribution in [0.5, 0.6) is 0 Å². The molecule has 1 fully saturated rings. The quantitative estimate of drug-likeness (QED) is 0.482. The van der Waals surface area contributed by atoms with Crippen molar-refractivity contribution in [1.29, 1.82) is 0 Å². The zero-order chi connectivity index (χ0) is 25.2. The molecule has 0 aromatic heterocycles. The van der Waals surface area contributed by atoms with Crippen LogP contribution >= 0.6 is 0 Å². The normalized spacial score (nSPS) is 46.3. The first-order chi connectivity index (χ1) is 14.5. The molecule has 0 aromatic rings. The molecule has 32 heavy (non-hydrogen) atoms. The molecule has 0 amide bonds. The van der Waals surface area contributed by atoms with Crippen LogP contribution < -0.4 is 0 Å². The maximum atomic E-state index is 15.5. The summed E-state index contributed by atoms with van der Waals surface area (Å²) in [7, 11) is 3.42. The van der Waals surface area contributed by atoms with Crippen LogP contribution in [0.4, 0.5) is 4.39 Å². The molecule has 1 unspecified atom stereocenters. The van der Waals surface area contributed by atoms with Gasteiger partial charge in [0.2, 0.25) is 0 Å². The Morgan fingerprint density at radius 1 is 1.19 bits per heavy atom. The number of aliphatic hydroxyl groups excluding tert-OH is 1. The highest BCUT2D eigenvalue weighted by molar-refractivity contribution is 6.07. The van der Waals surface area contributed by atoms with E-state index in [9.17, 15) is 19.8 Å². The van der Waals surface area contributed by atoms with Crippen molar-refractivity contribution in [2.45, 2.75) is 103 Å². The number of alkyl halides is 1. The summed E-state index contributed by atoms with van der Waals surface area (Å²) in [6, 6.07) is -0.478. The lowest BCUT2D eigenvalue weighted by Gasteiger charge is -2.42. The van der Waals surface area contributed by atoms with E-state index in [0.717, 1.165) is 6.92 Å². The van der Waals surface area contributed by atoms with Crippen LogP contribution in [-0.2, 0) is 19.1 Å². The van der Waals surface area contributed by atoms with Crippen LogP contribution in [0, 0.1) is 17.8 Å². The summed E-state index contributed by atoms with van der Waals surface area (Å²) in [5.74, 6) is -3.34. The van der Waals surface area contributed by atoms with Crippen LogP contribution in [0.3, 0.4) is 0 Å². The molecule has 0 spiro atoms. The standard InChI is InChI=1S/C24H44FNO6/c1-11-18-24(8,30)20(28)17(5)26(9)13-14(2)12-22(6,31-10)16(4)15(3)19(27)23(7,25)21(29)32-18/h14-18,20,28,30H,11-13H2,1-10H3/t14-,15-,16?,17-,18-,20-,22-,23+,24-/m1/s1. The molecule has 8 heteroatoms. The predicted octanol–water partition coefficient (Wildman–Crippen LogP) is 2.75. The average Bonchev–Trinajstić information content (AvgIpc) is 2.72. The van der Waals surface area contributed by atoms with Crippen molar-refractivity contribution in [1.82, 2.24) is 4.90 Å². The van der Waals surface area contributed by atoms with Gasteiger partial charge in [-0.3, -0.25) is 4.79 Å². The molecule has 9 atom stereocenters. The van der Waals surface area contributed by atoms with E-state index in [0.29, 0.717) is 13.0 Å². The van der Waals surface area contributed by atoms with Gasteiger partial charge in [-0.05, 0) is 59.4 Å². The number of methoxy groups -OCH3 is 1. The molecular formula is C24H44FNO6. The number of Topliss-reactive ketones (excluding diaryl/α,β-unsaturated/α-hetero) is 1. The second-order valence-electron chi connectivity index (χ2n) is 10.4. The highest BCUT2D eigenvalue weighted by Gasteiger charge is 2.52. The molecule has 1 heterocycles. The SMILES string of the molecule is CC[C@H]1OC(=O)[C@@](C)(F)C(=O)[C@H](C)C(C)[C@](C)(OC)C[C@@H](C)CN(C)[C@H](C)[C@@H](O)[C@]1(C)O. The smallest absolute Gasteiger partial charge is 0.351 e. The topological polar surface area (TPSA) is 96.3 Å². The Kier molecular flexibility index (Phi) is 9.45. The Morgan fingerprint density at radius 3 is 2.19 bits per heavy atom. The van der Waals surface area contributed by atoms with Gasteiger partial charge in [0, 0.05) is 25.6 Å². The summed E-state index contributed by atoms with van der Waals surface area (Å²) < 4.78 is 26.7. The molecule has 7 nitrogen and oxygen atoms in total. The van der Waals surface area contributed by atoms with Crippen molar-refractivity contribution in [2.24, 2.45) is 17.8 Å². The number of hydrogen-bond donors (Lipinski definition) is 2. The number of carbonyl (C=O) groups excluding carboxylic acids is 2. The molecule has 0 saturated carbocycles. The third-order valence-corrected chi connectivity index (χ3v) is 7.82. The summed E-state index contributed by atoms with van der Waals surface area (Å²) in [6.07, 6.45) is -1.75. The van der Waals surface area contributed by atoms with Crippen LogP contribution in [0.2, 0.25) is 0 Å². The van der Waals surface area contributed by atoms with Gasteiger partial charge in [-0.2, -0.15) is 0 Å². The lowest BCUT2D eigenvalue weighted by atomic mass is 9.73. The van der Waals surface area contributed by atoms with E-state index in [-0.39, 0.29) is 18.3 Å². The fourth-order valence-corrected chi connectivity index (χ4v) is 4.93. The van der Waals surface area contributed by atoms with Gasteiger partial charge < -0.3 is 24.6 Å². The van der Waals surface area contributed by atoms with E-state index < -0.39 is 52.8 Å². The number of nitrogens with zero attached hydrogens (tertiary/aromatic N) is 1. The van der Waals surface area contributed by atoms with Crippen molar-refractivity contribution in [3.05, 3.63) is 0 Å². The van der Waals surface area contributed by atoms with Crippen molar-refractivity contribution in [3.8, 4) is 0 Å². The number of rotatable bonds is 2. The van der Waals surface area contributed by atoms with Crippen LogP contribution in [0.15, 0.2) is 0 Å². The lowest BCUT2D eigenvalue weighted by molar-refractivity contribution is -0.196. The average molecular weight is 462 g/mol. The Balaban J connectivity index is 3.53. The fraction of sp³-hybridized carbons (Fsp3) is 0.917. The van der Waals surface area contributed by atoms with Gasteiger partial charge in [0.25, 0.3) is 5.67 Å². The largest absolute Gasteiger partial charge is 0.457 e. The summed E-state index contributed by atoms with van der Waals surface area (Å²) >= 11 is 0. The molecular weight excluding hydrogens is 417 g/mol. The Hall–Kier alpha value is -1.09. The van der Waals surface area contributed by atoms with E-state index in [1.165, 1.54) is 6.92 Å². The Labute approximate surface area is 192 Å². The maximum Gasteiger partial charge on any atom is 0.351 e. The minimum absolute atomic E-state index is 0.107. The van der Waals surface area contributed by atoms with Gasteiger partial charge in [0.1, 0.15) is 17.8 Å². The Morgan fingerprint density at radius 2 is 1.72 bits per heavy atom. The second-order valence-corrected chi connectivity index (χ2v) is 10.4. The number of ether oxygens (including phenoxy) is 2. The van der Waals surface area contributed by atoms with Crippen molar-refractivity contribution in [3.63, 3.8) is 0 Å². The van der Waals surface area contributed by atoms with Crippen LogP contribution in [-0.4, -0.2) is 82.7 Å². The van der Waals surface area contributed by atoms with Crippen molar-refractivity contribution in [2.75, 3.05) is 20.7 Å². The van der Waals surface area contributed by atoms with Crippen molar-refractivity contribution >= 4 is 11.8 Å². The monoisotopic (exact) mass is 461 g/mol. The van der Waals surface area contributed by atoms with Gasteiger partial charge in [0.05, 0.1) is 5.60 Å². The fourth-order valence-electron chi connectivity index (χ4n) is 4.93. The van der Waals surface area contributed by atoms with Gasteiger partial charge in [-0.1, -0.05) is 27.7 Å². The predicted molar refractivity (Wildman–Crippen MR) is 121 cm³/mol. The van der Waals surface area contributed by atoms with E-state index in [2.05, 4.69) is 0 Å². The van der Waals surface area contributed by atoms with Gasteiger partial charge in [0.15, 0.2) is 5.78 Å². The molecule has 1 aliphatic heterocycles. The lowest BCUT2D eigenvalue weighted by Crippen LogP contribution is -2.59. The molecule has 0 radical (unpaired) electrons. The molecule has 0 aliphatic carbocycles. The summed E-state index contributed by atoms with van der Waals surface area (Å²) in [6.45, 7) is 13.7. The number of halogens is 1. The molecule has 2 N–H and O–H groups in total. The number of esters is 1. The first-order valence-electron chi connectivity index (χ1n) is 11.6. The van der Waals surface area contributed by atoms with E-state index in [1.54, 1.807) is 27.9 Å². The minimum atomic E-state index is -2.90. The van der Waals surface area contributed by atoms with Gasteiger partial charge in [-0.15, -0.1) is 0 Å². The minimum Gasteiger partial charge on any atom is -0.457 e. The number of likely N-dealkylation sites (N-methyl/N-ethyl adjacent to an activating group) is 1. The number of carbonyl (C=O) groups is 2. The van der Waals surface area contributed by atoms with Gasteiger partial charge >= 0.3 is 5.97 Å². The zero-order valence-corrected chi connectivity index (χ0v) is 21.4. The number of hydrogen-bond acceptors (Lipinski definition) is 7.